The molecule has 0 atom stereocenters. The molecule has 0 spiro atoms. The van der Waals surface area contributed by atoms with Gasteiger partial charge in [0.1, 0.15) is 0 Å². The summed E-state index contributed by atoms with van der Waals surface area (Å²) in [5.74, 6) is 0. The summed E-state index contributed by atoms with van der Waals surface area (Å²) >= 11 is 0. The topological polar surface area (TPSA) is 35.9 Å². The van der Waals surface area contributed by atoms with Gasteiger partial charge in [-0.3, -0.25) is 0 Å². The van der Waals surface area contributed by atoms with Crippen molar-refractivity contribution < 1.29 is 0 Å². The Morgan fingerprint density at radius 2 is 1.45 bits per heavy atom. The Kier molecular flexibility index (Phi) is 4.90. The normalized spacial score (nSPS) is 9.45. The summed E-state index contributed by atoms with van der Waals surface area (Å²) in [4.78, 5) is 0. The maximum Gasteiger partial charge on any atom is 0.0337 e. The maximum atomic E-state index is 7.20. The Bertz CT molecular complexity index is 670. The highest BCUT2D eigenvalue weighted by Crippen LogP contribution is 2.16. The number of nitrogens with one attached hydrogen (secondary N) is 2. The number of hydrogen-bond acceptors (Lipinski definition) is 2. The van der Waals surface area contributed by atoms with E-state index in [4.69, 9.17) is 5.41 Å². The molecule has 0 radical (unpaired) electrons. The molecular weight excluding hydrogens is 244 g/mol. The summed E-state index contributed by atoms with van der Waals surface area (Å²) in [7, 11) is 1.91. The maximum absolute atomic E-state index is 7.20. The van der Waals surface area contributed by atoms with Gasteiger partial charge >= 0.3 is 0 Å². The van der Waals surface area contributed by atoms with Gasteiger partial charge in [-0.1, -0.05) is 60.7 Å². The lowest BCUT2D eigenvalue weighted by molar-refractivity contribution is 1.51. The third kappa shape index (κ3) is 3.45. The summed E-state index contributed by atoms with van der Waals surface area (Å²) in [5.41, 5.74) is 2.14. The van der Waals surface area contributed by atoms with Gasteiger partial charge in [0.2, 0.25) is 0 Å². The van der Waals surface area contributed by atoms with Crippen molar-refractivity contribution in [2.45, 2.75) is 0 Å². The molecule has 0 fully saturated rings. The summed E-state index contributed by atoms with van der Waals surface area (Å²) in [6.07, 6.45) is 1.39. The standard InChI is InChI=1S/C11H9N.C7H9N/c12-8-10-6-3-5-9-4-1-2-7-11(9)10;1-8-7-5-3-2-4-6-7/h1-8,12H;2-6,8H,1H3. The molecule has 100 valence electrons. The van der Waals surface area contributed by atoms with Crippen LogP contribution in [0.3, 0.4) is 0 Å². The highest BCUT2D eigenvalue weighted by atomic mass is 14.8. The zero-order chi connectivity index (χ0) is 14.2. The molecule has 2 heteroatoms. The number of fused-ring (bicyclic) bond motifs is 1. The van der Waals surface area contributed by atoms with Crippen molar-refractivity contribution in [3.63, 3.8) is 0 Å². The SMILES string of the molecule is CNc1ccccc1.N=Cc1cccc2ccccc12. The van der Waals surface area contributed by atoms with Gasteiger partial charge < -0.3 is 10.7 Å². The summed E-state index contributed by atoms with van der Waals surface area (Å²) in [6.45, 7) is 0. The van der Waals surface area contributed by atoms with Crippen molar-refractivity contribution in [1.82, 2.24) is 0 Å². The third-order valence-electron chi connectivity index (χ3n) is 3.04. The molecule has 0 heterocycles. The molecule has 0 bridgehead atoms. The molecule has 0 aliphatic carbocycles. The second kappa shape index (κ2) is 7.10. The van der Waals surface area contributed by atoms with E-state index >= 15 is 0 Å². The second-order valence-corrected chi connectivity index (χ2v) is 4.33. The van der Waals surface area contributed by atoms with E-state index in [0.717, 1.165) is 16.6 Å². The van der Waals surface area contributed by atoms with E-state index in [9.17, 15) is 0 Å². The molecule has 0 aliphatic heterocycles. The highest BCUT2D eigenvalue weighted by molar-refractivity contribution is 5.98. The van der Waals surface area contributed by atoms with Crippen LogP contribution in [0.2, 0.25) is 0 Å². The van der Waals surface area contributed by atoms with Crippen LogP contribution in [0.15, 0.2) is 72.8 Å². The lowest BCUT2D eigenvalue weighted by Gasteiger charge is -1.99. The Balaban J connectivity index is 0.000000160. The zero-order valence-corrected chi connectivity index (χ0v) is 11.5. The van der Waals surface area contributed by atoms with Crippen molar-refractivity contribution in [3.05, 3.63) is 78.4 Å². The third-order valence-corrected chi connectivity index (χ3v) is 3.04. The van der Waals surface area contributed by atoms with Crippen LogP contribution in [0.25, 0.3) is 10.8 Å². The van der Waals surface area contributed by atoms with Crippen LogP contribution < -0.4 is 5.32 Å². The van der Waals surface area contributed by atoms with E-state index in [-0.39, 0.29) is 0 Å². The predicted octanol–water partition coefficient (Wildman–Crippen LogP) is 4.57. The van der Waals surface area contributed by atoms with Gasteiger partial charge in [-0.25, -0.2) is 0 Å². The van der Waals surface area contributed by atoms with Crippen LogP contribution in [0.4, 0.5) is 5.69 Å². The summed E-state index contributed by atoms with van der Waals surface area (Å²) in [5, 5.41) is 12.6. The average Bonchev–Trinajstić information content (AvgIpc) is 2.55. The van der Waals surface area contributed by atoms with Crippen molar-refractivity contribution in [2.75, 3.05) is 12.4 Å². The van der Waals surface area contributed by atoms with Crippen LogP contribution in [-0.2, 0) is 0 Å². The number of benzene rings is 3. The number of para-hydroxylation sites is 1. The van der Waals surface area contributed by atoms with Gasteiger partial charge in [0.25, 0.3) is 0 Å². The van der Waals surface area contributed by atoms with Gasteiger partial charge in [-0.15, -0.1) is 0 Å². The fraction of sp³-hybridized carbons (Fsp3) is 0.0556. The molecule has 0 saturated heterocycles. The van der Waals surface area contributed by atoms with Crippen LogP contribution in [-0.4, -0.2) is 13.3 Å². The molecule has 2 nitrogen and oxygen atoms in total. The Hall–Kier alpha value is -2.61. The molecule has 2 N–H and O–H groups in total. The fourth-order valence-electron chi connectivity index (χ4n) is 1.98. The van der Waals surface area contributed by atoms with E-state index < -0.39 is 0 Å². The first-order valence-corrected chi connectivity index (χ1v) is 6.56. The Morgan fingerprint density at radius 1 is 0.800 bits per heavy atom. The lowest BCUT2D eigenvalue weighted by atomic mass is 10.1. The first kappa shape index (κ1) is 13.8. The summed E-state index contributed by atoms with van der Waals surface area (Å²) < 4.78 is 0. The molecular formula is C18H18N2. The van der Waals surface area contributed by atoms with Gasteiger partial charge in [-0.05, 0) is 28.5 Å². The van der Waals surface area contributed by atoms with Crippen LogP contribution in [0.5, 0.6) is 0 Å². The molecule has 0 saturated carbocycles. The van der Waals surface area contributed by atoms with Crippen molar-refractivity contribution in [2.24, 2.45) is 0 Å². The lowest BCUT2D eigenvalue weighted by Crippen LogP contribution is -1.84. The molecule has 0 amide bonds. The zero-order valence-electron chi connectivity index (χ0n) is 11.5. The minimum absolute atomic E-state index is 0.980. The largest absolute Gasteiger partial charge is 0.388 e. The fourth-order valence-corrected chi connectivity index (χ4v) is 1.98. The first-order valence-electron chi connectivity index (χ1n) is 6.56. The van der Waals surface area contributed by atoms with Crippen LogP contribution in [0, 0.1) is 5.41 Å². The van der Waals surface area contributed by atoms with Crippen LogP contribution >= 0.6 is 0 Å². The molecule has 0 aromatic heterocycles. The second-order valence-electron chi connectivity index (χ2n) is 4.33. The minimum atomic E-state index is 0.980. The molecule has 0 aliphatic rings. The van der Waals surface area contributed by atoms with E-state index in [0.29, 0.717) is 0 Å². The highest BCUT2D eigenvalue weighted by Gasteiger charge is 1.94. The Morgan fingerprint density at radius 3 is 2.10 bits per heavy atom. The smallest absolute Gasteiger partial charge is 0.0337 e. The molecule has 3 aromatic carbocycles. The van der Waals surface area contributed by atoms with Crippen molar-refractivity contribution in [1.29, 1.82) is 5.41 Å². The van der Waals surface area contributed by atoms with Crippen LogP contribution in [0.1, 0.15) is 5.56 Å². The first-order chi connectivity index (χ1) is 9.85. The Labute approximate surface area is 119 Å². The van der Waals surface area contributed by atoms with Gasteiger partial charge in [-0.2, -0.15) is 0 Å². The molecule has 0 unspecified atom stereocenters. The predicted molar refractivity (Wildman–Crippen MR) is 87.8 cm³/mol. The number of anilines is 1. The van der Waals surface area contributed by atoms with E-state index in [1.807, 2.05) is 67.7 Å². The minimum Gasteiger partial charge on any atom is -0.388 e. The van der Waals surface area contributed by atoms with Gasteiger partial charge in [0.15, 0.2) is 0 Å². The molecule has 3 rings (SSSR count). The monoisotopic (exact) mass is 262 g/mol. The van der Waals surface area contributed by atoms with Gasteiger partial charge in [0, 0.05) is 18.9 Å². The number of rotatable bonds is 2. The van der Waals surface area contributed by atoms with E-state index in [2.05, 4.69) is 17.4 Å². The molecule has 20 heavy (non-hydrogen) atoms. The number of hydrogen-bond donors (Lipinski definition) is 2. The average molecular weight is 262 g/mol. The van der Waals surface area contributed by atoms with Crippen molar-refractivity contribution >= 4 is 22.7 Å². The molecule has 3 aromatic rings. The quantitative estimate of drug-likeness (QED) is 0.652. The van der Waals surface area contributed by atoms with E-state index in [1.165, 1.54) is 11.6 Å². The van der Waals surface area contributed by atoms with Gasteiger partial charge in [0.05, 0.1) is 0 Å². The van der Waals surface area contributed by atoms with Crippen molar-refractivity contribution in [3.8, 4) is 0 Å². The van der Waals surface area contributed by atoms with E-state index in [1.54, 1.807) is 0 Å². The summed E-state index contributed by atoms with van der Waals surface area (Å²) in [6, 6.07) is 24.2.